The molecule has 0 fully saturated rings. The lowest BCUT2D eigenvalue weighted by Crippen LogP contribution is -2.37. The average molecular weight is 303 g/mol. The molecule has 0 unspecified atom stereocenters. The zero-order valence-electron chi connectivity index (χ0n) is 10.6. The molecule has 2 amide bonds. The fourth-order valence-electron chi connectivity index (χ4n) is 1.40. The van der Waals surface area contributed by atoms with Gasteiger partial charge in [-0.15, -0.1) is 0 Å². The van der Waals surface area contributed by atoms with Crippen LogP contribution in [0.3, 0.4) is 0 Å². The van der Waals surface area contributed by atoms with Gasteiger partial charge in [0.05, 0.1) is 17.1 Å². The Balaban J connectivity index is 2.45. The first-order chi connectivity index (χ1) is 9.04. The van der Waals surface area contributed by atoms with Crippen LogP contribution in [-0.2, 0) is 4.79 Å². The number of unbranched alkanes of at least 4 members (excludes halogenated alkanes) is 1. The van der Waals surface area contributed by atoms with Crippen LogP contribution in [-0.4, -0.2) is 24.9 Å². The minimum Gasteiger partial charge on any atom is -0.355 e. The Labute approximate surface area is 122 Å². The first-order valence-corrected chi connectivity index (χ1v) is 6.80. The highest BCUT2D eigenvalue weighted by molar-refractivity contribution is 6.36. The minimum absolute atomic E-state index is 0.0680. The first-order valence-electron chi connectivity index (χ1n) is 6.04. The zero-order chi connectivity index (χ0) is 14.3. The van der Waals surface area contributed by atoms with Crippen molar-refractivity contribution in [1.29, 1.82) is 0 Å². The van der Waals surface area contributed by atoms with Gasteiger partial charge in [-0.1, -0.05) is 36.5 Å². The molecule has 0 radical (unpaired) electrons. The summed E-state index contributed by atoms with van der Waals surface area (Å²) in [6.45, 7) is 2.59. The van der Waals surface area contributed by atoms with Crippen molar-refractivity contribution in [3.63, 3.8) is 0 Å². The molecule has 0 aliphatic carbocycles. The van der Waals surface area contributed by atoms with Crippen molar-refractivity contribution in [1.82, 2.24) is 10.6 Å². The number of rotatable bonds is 6. The quantitative estimate of drug-likeness (QED) is 0.794. The fraction of sp³-hybridized carbons (Fsp3) is 0.385. The highest BCUT2D eigenvalue weighted by Gasteiger charge is 2.11. The molecule has 1 aromatic rings. The molecule has 0 heterocycles. The van der Waals surface area contributed by atoms with E-state index in [9.17, 15) is 9.59 Å². The van der Waals surface area contributed by atoms with Gasteiger partial charge in [0.2, 0.25) is 5.91 Å². The molecule has 0 aliphatic heterocycles. The van der Waals surface area contributed by atoms with Crippen LogP contribution in [0.2, 0.25) is 10.0 Å². The van der Waals surface area contributed by atoms with Gasteiger partial charge in [0.1, 0.15) is 0 Å². The highest BCUT2D eigenvalue weighted by atomic mass is 35.5. The van der Waals surface area contributed by atoms with Crippen LogP contribution in [0.4, 0.5) is 0 Å². The Morgan fingerprint density at radius 2 is 1.95 bits per heavy atom. The standard InChI is InChI=1S/C13H16Cl2N2O2/c1-2-3-6-16-12(18)8-17-13(19)10-5-4-9(14)7-11(10)15/h4-5,7H,2-3,6,8H2,1H3,(H,16,18)(H,17,19). The second-order valence-electron chi connectivity index (χ2n) is 4.01. The Bertz CT molecular complexity index is 464. The molecule has 0 saturated carbocycles. The second-order valence-corrected chi connectivity index (χ2v) is 4.85. The number of carbonyl (C=O) groups is 2. The molecule has 2 N–H and O–H groups in total. The molecule has 1 rings (SSSR count). The van der Waals surface area contributed by atoms with E-state index in [0.29, 0.717) is 17.1 Å². The lowest BCUT2D eigenvalue weighted by atomic mass is 10.2. The molecule has 0 bridgehead atoms. The maximum Gasteiger partial charge on any atom is 0.253 e. The second kappa shape index (κ2) is 8.02. The molecule has 6 heteroatoms. The van der Waals surface area contributed by atoms with E-state index in [0.717, 1.165) is 12.8 Å². The summed E-state index contributed by atoms with van der Waals surface area (Å²) in [6, 6.07) is 4.58. The van der Waals surface area contributed by atoms with Gasteiger partial charge in [-0.25, -0.2) is 0 Å². The summed E-state index contributed by atoms with van der Waals surface area (Å²) in [6.07, 6.45) is 1.93. The van der Waals surface area contributed by atoms with E-state index < -0.39 is 5.91 Å². The molecule has 0 atom stereocenters. The number of halogens is 2. The molecule has 0 aromatic heterocycles. The van der Waals surface area contributed by atoms with Gasteiger partial charge in [0, 0.05) is 11.6 Å². The van der Waals surface area contributed by atoms with Crippen LogP contribution >= 0.6 is 23.2 Å². The SMILES string of the molecule is CCCCNC(=O)CNC(=O)c1ccc(Cl)cc1Cl. The largest absolute Gasteiger partial charge is 0.355 e. The number of nitrogens with one attached hydrogen (secondary N) is 2. The summed E-state index contributed by atoms with van der Waals surface area (Å²) in [5.41, 5.74) is 0.299. The predicted molar refractivity (Wildman–Crippen MR) is 76.7 cm³/mol. The maximum absolute atomic E-state index is 11.8. The van der Waals surface area contributed by atoms with Crippen molar-refractivity contribution in [2.24, 2.45) is 0 Å². The highest BCUT2D eigenvalue weighted by Crippen LogP contribution is 2.20. The Hall–Kier alpha value is -1.26. The van der Waals surface area contributed by atoms with E-state index in [-0.39, 0.29) is 17.5 Å². The third kappa shape index (κ3) is 5.49. The van der Waals surface area contributed by atoms with Crippen molar-refractivity contribution >= 4 is 35.0 Å². The molecule has 104 valence electrons. The zero-order valence-corrected chi connectivity index (χ0v) is 12.1. The van der Waals surface area contributed by atoms with Crippen molar-refractivity contribution < 1.29 is 9.59 Å². The lowest BCUT2D eigenvalue weighted by Gasteiger charge is -2.07. The van der Waals surface area contributed by atoms with Gasteiger partial charge in [0.25, 0.3) is 5.91 Å². The maximum atomic E-state index is 11.8. The summed E-state index contributed by atoms with van der Waals surface area (Å²) in [7, 11) is 0. The third-order valence-corrected chi connectivity index (χ3v) is 2.99. The number of hydrogen-bond acceptors (Lipinski definition) is 2. The molecule has 0 spiro atoms. The third-order valence-electron chi connectivity index (χ3n) is 2.44. The van der Waals surface area contributed by atoms with Crippen molar-refractivity contribution in [2.75, 3.05) is 13.1 Å². The minimum atomic E-state index is -0.396. The summed E-state index contributed by atoms with van der Waals surface area (Å²) in [5, 5.41) is 5.93. The molecule has 1 aromatic carbocycles. The van der Waals surface area contributed by atoms with Crippen molar-refractivity contribution in [3.05, 3.63) is 33.8 Å². The summed E-state index contributed by atoms with van der Waals surface area (Å²) >= 11 is 11.6. The molecule has 4 nitrogen and oxygen atoms in total. The molecule has 0 aliphatic rings. The Morgan fingerprint density at radius 3 is 2.58 bits per heavy atom. The summed E-state index contributed by atoms with van der Waals surface area (Å²) in [5.74, 6) is -0.612. The number of benzene rings is 1. The number of hydrogen-bond donors (Lipinski definition) is 2. The normalized spacial score (nSPS) is 10.1. The average Bonchev–Trinajstić information content (AvgIpc) is 2.36. The van der Waals surface area contributed by atoms with Gasteiger partial charge in [-0.05, 0) is 24.6 Å². The molecule has 0 saturated heterocycles. The predicted octanol–water partition coefficient (Wildman–Crippen LogP) is 2.64. The van der Waals surface area contributed by atoms with Gasteiger partial charge < -0.3 is 10.6 Å². The number of amides is 2. The van der Waals surface area contributed by atoms with Crippen LogP contribution < -0.4 is 10.6 Å². The molecular formula is C13H16Cl2N2O2. The van der Waals surface area contributed by atoms with E-state index in [4.69, 9.17) is 23.2 Å². The summed E-state index contributed by atoms with van der Waals surface area (Å²) in [4.78, 5) is 23.2. The van der Waals surface area contributed by atoms with E-state index in [1.165, 1.54) is 12.1 Å². The van der Waals surface area contributed by atoms with Crippen molar-refractivity contribution in [3.8, 4) is 0 Å². The lowest BCUT2D eigenvalue weighted by molar-refractivity contribution is -0.120. The first kappa shape index (κ1) is 15.8. The smallest absolute Gasteiger partial charge is 0.253 e. The van der Waals surface area contributed by atoms with Gasteiger partial charge in [-0.2, -0.15) is 0 Å². The van der Waals surface area contributed by atoms with E-state index >= 15 is 0 Å². The van der Waals surface area contributed by atoms with E-state index in [2.05, 4.69) is 10.6 Å². The monoisotopic (exact) mass is 302 g/mol. The Morgan fingerprint density at radius 1 is 1.21 bits per heavy atom. The van der Waals surface area contributed by atoms with Gasteiger partial charge in [0.15, 0.2) is 0 Å². The Kier molecular flexibility index (Phi) is 6.67. The van der Waals surface area contributed by atoms with E-state index in [1.54, 1.807) is 6.07 Å². The van der Waals surface area contributed by atoms with Gasteiger partial charge in [-0.3, -0.25) is 9.59 Å². The summed E-state index contributed by atoms with van der Waals surface area (Å²) < 4.78 is 0. The van der Waals surface area contributed by atoms with Crippen LogP contribution in [0.1, 0.15) is 30.1 Å². The van der Waals surface area contributed by atoms with Crippen LogP contribution in [0.15, 0.2) is 18.2 Å². The van der Waals surface area contributed by atoms with Crippen LogP contribution in [0.5, 0.6) is 0 Å². The molecule has 19 heavy (non-hydrogen) atoms. The van der Waals surface area contributed by atoms with Crippen molar-refractivity contribution in [2.45, 2.75) is 19.8 Å². The van der Waals surface area contributed by atoms with Crippen LogP contribution in [0.25, 0.3) is 0 Å². The topological polar surface area (TPSA) is 58.2 Å². The van der Waals surface area contributed by atoms with Crippen LogP contribution in [0, 0.1) is 0 Å². The number of carbonyl (C=O) groups excluding carboxylic acids is 2. The fourth-order valence-corrected chi connectivity index (χ4v) is 1.89. The molecular weight excluding hydrogens is 287 g/mol. The van der Waals surface area contributed by atoms with Gasteiger partial charge >= 0.3 is 0 Å². The van der Waals surface area contributed by atoms with E-state index in [1.807, 2.05) is 6.92 Å².